The molecule has 0 radical (unpaired) electrons. The van der Waals surface area contributed by atoms with Gasteiger partial charge in [0.1, 0.15) is 18.0 Å². The SMILES string of the molecule is CC1(C(O)(COc2ccc(Br)c(C(F)(F)F)c2)c2cncs2)CC1. The maximum absolute atomic E-state index is 13.0. The predicted molar refractivity (Wildman–Crippen MR) is 88.0 cm³/mol. The van der Waals surface area contributed by atoms with Crippen LogP contribution in [-0.4, -0.2) is 16.7 Å². The summed E-state index contributed by atoms with van der Waals surface area (Å²) >= 11 is 4.21. The van der Waals surface area contributed by atoms with Crippen LogP contribution in [0.2, 0.25) is 0 Å². The first kappa shape index (κ1) is 17.7. The van der Waals surface area contributed by atoms with E-state index in [0.29, 0.717) is 4.88 Å². The monoisotopic (exact) mass is 421 g/mol. The molecule has 0 bridgehead atoms. The molecule has 1 fully saturated rings. The number of ether oxygens (including phenoxy) is 1. The van der Waals surface area contributed by atoms with Crippen LogP contribution >= 0.6 is 27.3 Å². The lowest BCUT2D eigenvalue weighted by Gasteiger charge is -2.33. The molecule has 130 valence electrons. The van der Waals surface area contributed by atoms with E-state index in [-0.39, 0.29) is 22.2 Å². The number of halogens is 4. The van der Waals surface area contributed by atoms with E-state index in [1.165, 1.54) is 23.5 Å². The molecule has 1 atom stereocenters. The molecule has 1 aliphatic rings. The smallest absolute Gasteiger partial charge is 0.417 e. The highest BCUT2D eigenvalue weighted by atomic mass is 79.9. The van der Waals surface area contributed by atoms with Gasteiger partial charge in [-0.05, 0) is 31.0 Å². The Morgan fingerprint density at radius 2 is 2.08 bits per heavy atom. The number of nitrogens with zero attached hydrogens (tertiary/aromatic N) is 1. The van der Waals surface area contributed by atoms with Gasteiger partial charge < -0.3 is 9.84 Å². The number of benzene rings is 1. The standard InChI is InChI=1S/C16H15BrF3NO2S/c1-14(4-5-14)15(22,13-7-21-9-24-13)8-23-10-2-3-12(17)11(6-10)16(18,19)20/h2-3,6-7,9,22H,4-5,8H2,1H3. The molecule has 1 aromatic heterocycles. The molecule has 3 nitrogen and oxygen atoms in total. The molecule has 0 saturated heterocycles. The summed E-state index contributed by atoms with van der Waals surface area (Å²) in [6.07, 6.45) is -1.23. The van der Waals surface area contributed by atoms with Crippen LogP contribution in [0.3, 0.4) is 0 Å². The Balaban J connectivity index is 1.84. The van der Waals surface area contributed by atoms with Gasteiger partial charge in [-0.3, -0.25) is 4.98 Å². The van der Waals surface area contributed by atoms with Crippen molar-refractivity contribution in [2.75, 3.05) is 6.61 Å². The fourth-order valence-corrected chi connectivity index (χ4v) is 3.89. The van der Waals surface area contributed by atoms with E-state index < -0.39 is 17.3 Å². The van der Waals surface area contributed by atoms with Gasteiger partial charge in [0.05, 0.1) is 16.0 Å². The summed E-state index contributed by atoms with van der Waals surface area (Å²) in [6, 6.07) is 3.68. The van der Waals surface area contributed by atoms with E-state index in [1.54, 1.807) is 11.7 Å². The molecule has 2 aromatic rings. The molecule has 1 N–H and O–H groups in total. The molecule has 0 amide bonds. The topological polar surface area (TPSA) is 42.4 Å². The van der Waals surface area contributed by atoms with Crippen LogP contribution in [0.25, 0.3) is 0 Å². The van der Waals surface area contributed by atoms with Gasteiger partial charge in [0, 0.05) is 16.1 Å². The number of thiazole rings is 1. The summed E-state index contributed by atoms with van der Waals surface area (Å²) in [5, 5.41) is 11.1. The van der Waals surface area contributed by atoms with E-state index in [4.69, 9.17) is 4.74 Å². The summed E-state index contributed by atoms with van der Waals surface area (Å²) < 4.78 is 44.5. The number of hydrogen-bond acceptors (Lipinski definition) is 4. The molecular formula is C16H15BrF3NO2S. The lowest BCUT2D eigenvalue weighted by Crippen LogP contribution is -2.40. The number of hydrogen-bond donors (Lipinski definition) is 1. The second-order valence-corrected chi connectivity index (χ2v) is 7.96. The first-order valence-corrected chi connectivity index (χ1v) is 8.94. The Labute approximate surface area is 149 Å². The predicted octanol–water partition coefficient (Wildman–Crippen LogP) is 4.99. The molecule has 8 heteroatoms. The van der Waals surface area contributed by atoms with E-state index in [2.05, 4.69) is 20.9 Å². The lowest BCUT2D eigenvalue weighted by atomic mass is 9.85. The highest BCUT2D eigenvalue weighted by Crippen LogP contribution is 2.58. The van der Waals surface area contributed by atoms with E-state index in [1.807, 2.05) is 6.92 Å². The number of aromatic nitrogens is 1. The second-order valence-electron chi connectivity index (χ2n) is 6.21. The first-order chi connectivity index (χ1) is 11.2. The minimum atomic E-state index is -4.48. The zero-order valence-electron chi connectivity index (χ0n) is 12.7. The van der Waals surface area contributed by atoms with Gasteiger partial charge in [-0.15, -0.1) is 11.3 Å². The van der Waals surface area contributed by atoms with E-state index in [0.717, 1.165) is 18.9 Å². The molecular weight excluding hydrogens is 407 g/mol. The highest BCUT2D eigenvalue weighted by molar-refractivity contribution is 9.10. The summed E-state index contributed by atoms with van der Waals surface area (Å²) in [5.74, 6) is 0.0673. The van der Waals surface area contributed by atoms with E-state index in [9.17, 15) is 18.3 Å². The van der Waals surface area contributed by atoms with Gasteiger partial charge in [-0.25, -0.2) is 0 Å². The second kappa shape index (κ2) is 6.00. The molecule has 0 spiro atoms. The summed E-state index contributed by atoms with van der Waals surface area (Å²) in [4.78, 5) is 4.65. The minimum Gasteiger partial charge on any atom is -0.490 e. The first-order valence-electron chi connectivity index (χ1n) is 7.27. The number of alkyl halides is 3. The van der Waals surface area contributed by atoms with Crippen LogP contribution in [0.4, 0.5) is 13.2 Å². The average molecular weight is 422 g/mol. The van der Waals surface area contributed by atoms with Crippen molar-refractivity contribution < 1.29 is 23.0 Å². The molecule has 1 aromatic carbocycles. The van der Waals surface area contributed by atoms with Gasteiger partial charge in [0.25, 0.3) is 0 Å². The maximum atomic E-state index is 13.0. The van der Waals surface area contributed by atoms with Crippen LogP contribution in [0.5, 0.6) is 5.75 Å². The fourth-order valence-electron chi connectivity index (χ4n) is 2.56. The summed E-state index contributed by atoms with van der Waals surface area (Å²) in [6.45, 7) is 1.82. The van der Waals surface area contributed by atoms with Crippen molar-refractivity contribution in [3.05, 3.63) is 44.8 Å². The van der Waals surface area contributed by atoms with Crippen LogP contribution in [0, 0.1) is 5.41 Å². The lowest BCUT2D eigenvalue weighted by molar-refractivity contribution is -0.138. The van der Waals surface area contributed by atoms with Gasteiger partial charge in [0.15, 0.2) is 0 Å². The van der Waals surface area contributed by atoms with Crippen molar-refractivity contribution in [3.8, 4) is 5.75 Å². The maximum Gasteiger partial charge on any atom is 0.417 e. The van der Waals surface area contributed by atoms with Gasteiger partial charge in [-0.1, -0.05) is 22.9 Å². The fraction of sp³-hybridized carbons (Fsp3) is 0.438. The van der Waals surface area contributed by atoms with Gasteiger partial charge >= 0.3 is 6.18 Å². The van der Waals surface area contributed by atoms with Crippen molar-refractivity contribution in [1.82, 2.24) is 4.98 Å². The Morgan fingerprint density at radius 3 is 2.62 bits per heavy atom. The van der Waals surface area contributed by atoms with Crippen molar-refractivity contribution >= 4 is 27.3 Å². The van der Waals surface area contributed by atoms with Gasteiger partial charge in [0.2, 0.25) is 0 Å². The molecule has 1 heterocycles. The Hall–Kier alpha value is -1.12. The highest BCUT2D eigenvalue weighted by Gasteiger charge is 2.57. The molecule has 1 unspecified atom stereocenters. The number of aliphatic hydroxyl groups is 1. The zero-order valence-corrected chi connectivity index (χ0v) is 15.1. The van der Waals surface area contributed by atoms with Gasteiger partial charge in [-0.2, -0.15) is 13.2 Å². The van der Waals surface area contributed by atoms with Crippen LogP contribution in [-0.2, 0) is 11.8 Å². The molecule has 24 heavy (non-hydrogen) atoms. The minimum absolute atomic E-state index is 0.0470. The van der Waals surface area contributed by atoms with Crippen molar-refractivity contribution in [2.45, 2.75) is 31.5 Å². The molecule has 1 aliphatic carbocycles. The number of rotatable bonds is 5. The quantitative estimate of drug-likeness (QED) is 0.738. The molecule has 0 aliphatic heterocycles. The Kier molecular flexibility index (Phi) is 4.42. The van der Waals surface area contributed by atoms with E-state index >= 15 is 0 Å². The molecule has 3 rings (SSSR count). The third-order valence-corrected chi connectivity index (χ3v) is 6.15. The van der Waals surface area contributed by atoms with Crippen molar-refractivity contribution in [3.63, 3.8) is 0 Å². The Morgan fingerprint density at radius 1 is 1.38 bits per heavy atom. The van der Waals surface area contributed by atoms with Crippen LogP contribution in [0.15, 0.2) is 34.4 Å². The van der Waals surface area contributed by atoms with Crippen molar-refractivity contribution in [2.24, 2.45) is 5.41 Å². The summed E-state index contributed by atoms with van der Waals surface area (Å²) in [5.41, 5.74) is -0.798. The average Bonchev–Trinajstić information content (AvgIpc) is 3.04. The summed E-state index contributed by atoms with van der Waals surface area (Å²) in [7, 11) is 0. The van der Waals surface area contributed by atoms with Crippen molar-refractivity contribution in [1.29, 1.82) is 0 Å². The largest absolute Gasteiger partial charge is 0.490 e. The Bertz CT molecular complexity index is 731. The third-order valence-electron chi connectivity index (χ3n) is 4.53. The third kappa shape index (κ3) is 3.19. The van der Waals surface area contributed by atoms with Crippen LogP contribution in [0.1, 0.15) is 30.2 Å². The molecule has 1 saturated carbocycles. The zero-order chi connectivity index (χ0) is 17.6. The normalized spacial score (nSPS) is 18.9. The van der Waals surface area contributed by atoms with Crippen LogP contribution < -0.4 is 4.74 Å².